The molecule has 131 heavy (non-hydrogen) atoms. The highest BCUT2D eigenvalue weighted by molar-refractivity contribution is 6.02. The van der Waals surface area contributed by atoms with Gasteiger partial charge in [-0.1, -0.05) is 88.4 Å². The Bertz CT molecular complexity index is 4170. The van der Waals surface area contributed by atoms with Gasteiger partial charge in [0, 0.05) is 25.9 Å². The van der Waals surface area contributed by atoms with Crippen molar-refractivity contribution < 1.29 is 101 Å². The van der Waals surface area contributed by atoms with E-state index in [2.05, 4.69) is 95.7 Å². The van der Waals surface area contributed by atoms with E-state index in [1.165, 1.54) is 27.7 Å². The molecule has 0 aromatic heterocycles. The maximum Gasteiger partial charge on any atom is 0.246 e. The van der Waals surface area contributed by atoms with E-state index in [0.29, 0.717) is 18.4 Å². The molecule has 0 saturated heterocycles. The average Bonchev–Trinajstić information content (AvgIpc) is 0.823. The minimum atomic E-state index is -1.85. The number of aliphatic hydroxyl groups excluding tert-OH is 2. The molecule has 0 aliphatic rings. The van der Waals surface area contributed by atoms with Gasteiger partial charge >= 0.3 is 0 Å². The zero-order valence-electron chi connectivity index (χ0n) is 75.1. The van der Waals surface area contributed by atoms with Crippen molar-refractivity contribution in [3.63, 3.8) is 0 Å². The first-order valence-electron chi connectivity index (χ1n) is 43.2. The van der Waals surface area contributed by atoms with E-state index in [0.717, 1.165) is 12.5 Å². The lowest BCUT2D eigenvalue weighted by molar-refractivity contribution is -0.138. The molecule has 49 nitrogen and oxygen atoms in total. The number of carbonyl (C=O) groups is 19. The van der Waals surface area contributed by atoms with Gasteiger partial charge in [0.25, 0.3) is 0 Å². The Morgan fingerprint density at radius 1 is 0.389 bits per heavy atom. The Kier molecular flexibility index (Phi) is 52.5. The Labute approximate surface area is 759 Å². The Hall–Kier alpha value is -13.3. The standard InChI is InChI=1S/C82H136N28O21/c1-8-82(9-2,110-64(117)42-97-78(130)65(47(7)112)109-76(128)57(38-49-24-14-11-15-25-49)100-63(116)41-95-62(115)40-96-69(121)50(85)37-48-22-12-10-13-23-48)79(131)108-55(29-21-35-94-81(91)92)73(125)104-53(27-17-19-33-84)72(124)107-59(43-111)77(129)99-45(5)67(119)102-54(28-20-34-93-80(89)90)70(122)103-52(26-16-18-32-83)71(123)106-56(36-44(3)4)74(126)98-46(6)68(120)105-58(39-61(87)114)75(127)101-51(66(88)118)30-31-60(86)113/h10-15,22-25,44-47,50-59,65,111-112H,8-9,16-21,26-43,83-85H2,1-7H3,(H2,86,113)(H2,87,114)(H2,88,118)(H,95,115)(H,96,121)(H,97,130)(H,98,126)(H,99,129)(H,100,116)(H,101,127)(H,102,119)(H,103,122)(H,104,125)(H,105,120)(H,106,123)(H,107,124)(H,108,131)(H,109,128)(H,110,117)(H4,89,90,93)(H4,91,92,94)/t45-,46-,47+,50-,51-,52-,53-,54-,55-,56-,57-,58-,59-,65-/m0/s1. The monoisotopic (exact) mass is 1850 g/mol. The van der Waals surface area contributed by atoms with Crippen molar-refractivity contribution in [3.05, 3.63) is 71.8 Å². The van der Waals surface area contributed by atoms with Crippen LogP contribution in [0.15, 0.2) is 60.7 Å². The summed E-state index contributed by atoms with van der Waals surface area (Å²) in [5.41, 5.74) is 44.0. The predicted molar refractivity (Wildman–Crippen MR) is 477 cm³/mol. The molecule has 2 aromatic rings. The summed E-state index contributed by atoms with van der Waals surface area (Å²) in [6.07, 6.45) is -3.01. The van der Waals surface area contributed by atoms with Crippen LogP contribution in [0.2, 0.25) is 0 Å². The van der Waals surface area contributed by atoms with E-state index in [-0.39, 0.29) is 128 Å². The molecule has 730 valence electrons. The molecule has 0 bridgehead atoms. The summed E-state index contributed by atoms with van der Waals surface area (Å²) in [6, 6.07) is -2.51. The molecule has 14 atom stereocenters. The second-order valence-electron chi connectivity index (χ2n) is 31.7. The van der Waals surface area contributed by atoms with Crippen LogP contribution < -0.4 is 142 Å². The molecule has 0 spiro atoms. The van der Waals surface area contributed by atoms with Crippen LogP contribution >= 0.6 is 0 Å². The molecule has 2 aromatic carbocycles. The Morgan fingerprint density at radius 2 is 0.786 bits per heavy atom. The van der Waals surface area contributed by atoms with E-state index in [4.69, 9.17) is 56.7 Å². The molecular weight excluding hydrogens is 1710 g/mol. The van der Waals surface area contributed by atoms with E-state index < -0.39 is 247 Å². The van der Waals surface area contributed by atoms with Crippen molar-refractivity contribution in [3.8, 4) is 0 Å². The second kappa shape index (κ2) is 60.5. The van der Waals surface area contributed by atoms with Gasteiger partial charge in [0.1, 0.15) is 78.0 Å². The Balaban J connectivity index is 2.38. The van der Waals surface area contributed by atoms with Gasteiger partial charge in [-0.3, -0.25) is 102 Å². The van der Waals surface area contributed by atoms with Crippen LogP contribution in [-0.4, -0.2) is 277 Å². The highest BCUT2D eigenvalue weighted by Gasteiger charge is 2.41. The maximum atomic E-state index is 14.7. The van der Waals surface area contributed by atoms with Crippen LogP contribution in [0.5, 0.6) is 0 Å². The zero-order valence-corrected chi connectivity index (χ0v) is 75.1. The molecule has 0 saturated carbocycles. The van der Waals surface area contributed by atoms with Crippen LogP contribution in [0.3, 0.4) is 0 Å². The van der Waals surface area contributed by atoms with E-state index in [1.807, 2.05) is 0 Å². The number of carbonyl (C=O) groups excluding carboxylic acids is 19. The first kappa shape index (κ1) is 114. The number of rotatable bonds is 64. The smallest absolute Gasteiger partial charge is 0.246 e. The van der Waals surface area contributed by atoms with Crippen molar-refractivity contribution in [2.75, 3.05) is 52.4 Å². The van der Waals surface area contributed by atoms with Crippen molar-refractivity contribution in [2.24, 2.45) is 51.8 Å². The van der Waals surface area contributed by atoms with Gasteiger partial charge in [-0.05, 0) is 147 Å². The molecule has 19 amide bonds. The first-order chi connectivity index (χ1) is 61.8. The van der Waals surface area contributed by atoms with E-state index in [9.17, 15) is 101 Å². The summed E-state index contributed by atoms with van der Waals surface area (Å²) in [6.45, 7) is 7.09. The number of primary amides is 3. The number of aliphatic hydroxyl groups is 2. The average molecular weight is 1850 g/mol. The fourth-order valence-corrected chi connectivity index (χ4v) is 12.9. The zero-order chi connectivity index (χ0) is 98.6. The minimum absolute atomic E-state index is 0.0132. The second-order valence-corrected chi connectivity index (χ2v) is 31.7. The van der Waals surface area contributed by atoms with Crippen molar-refractivity contribution in [1.29, 1.82) is 10.8 Å². The van der Waals surface area contributed by atoms with Gasteiger partial charge in [0.15, 0.2) is 11.9 Å². The van der Waals surface area contributed by atoms with Crippen molar-refractivity contribution in [1.82, 2.24) is 95.7 Å². The van der Waals surface area contributed by atoms with Gasteiger partial charge in [0.05, 0.1) is 44.8 Å². The summed E-state index contributed by atoms with van der Waals surface area (Å²) < 4.78 is 0. The van der Waals surface area contributed by atoms with E-state index in [1.54, 1.807) is 74.5 Å². The number of hydrogen-bond acceptors (Lipinski definition) is 26. The quantitative estimate of drug-likeness (QED) is 0.0166. The fourth-order valence-electron chi connectivity index (χ4n) is 12.9. The molecular formula is C82H136N28O21. The lowest BCUT2D eigenvalue weighted by atomic mass is 9.90. The minimum Gasteiger partial charge on any atom is -0.394 e. The molecule has 0 heterocycles. The number of amides is 19. The van der Waals surface area contributed by atoms with Crippen LogP contribution in [0, 0.1) is 16.7 Å². The lowest BCUT2D eigenvalue weighted by Gasteiger charge is -2.33. The third-order valence-electron chi connectivity index (χ3n) is 20.4. The maximum absolute atomic E-state index is 14.7. The van der Waals surface area contributed by atoms with Gasteiger partial charge in [-0.25, -0.2) is 0 Å². The van der Waals surface area contributed by atoms with Gasteiger partial charge in [-0.2, -0.15) is 0 Å². The number of hydrogen-bond donors (Lipinski definition) is 30. The van der Waals surface area contributed by atoms with Crippen molar-refractivity contribution >= 4 is 124 Å². The lowest BCUT2D eigenvalue weighted by Crippen LogP contribution is -2.64. The summed E-state index contributed by atoms with van der Waals surface area (Å²) in [7, 11) is 0. The van der Waals surface area contributed by atoms with Crippen molar-refractivity contribution in [2.45, 2.75) is 254 Å². The highest BCUT2D eigenvalue weighted by Crippen LogP contribution is 2.19. The topological polar surface area (TPSA) is 837 Å². The molecule has 0 aliphatic carbocycles. The summed E-state index contributed by atoms with van der Waals surface area (Å²) in [5.74, 6) is -19.6. The highest BCUT2D eigenvalue weighted by atomic mass is 16.3. The number of nitrogens with one attached hydrogen (secondary N) is 20. The SMILES string of the molecule is CCC(CC)(NC(=O)CNC(=O)[C@@H](NC(=O)[C@H](Cc1ccccc1)NC(=O)CNC(=O)CNC(=O)[C@@H](N)Cc1ccccc1)[C@@H](C)O)C(=O)N[C@@H](CCCNC(=N)N)C(=O)N[C@@H](CCCCN)C(=O)N[C@@H](CO)C(=O)N[C@@H](C)C(=O)N[C@@H](CCCNC(=N)N)C(=O)N[C@@H](CCCCN)C(=O)N[C@@H](CC(C)C)C(=O)N[C@@H](C)C(=O)N[C@@H](CC(N)=O)C(=O)N[C@@H](CCC(N)=O)C(N)=O. The predicted octanol–water partition coefficient (Wildman–Crippen LogP) is -10.5. The molecule has 0 fully saturated rings. The molecule has 0 radical (unpaired) electrons. The van der Waals surface area contributed by atoms with Crippen LogP contribution in [0.4, 0.5) is 0 Å². The number of nitrogens with two attached hydrogens (primary N) is 8. The molecule has 2 rings (SSSR count). The summed E-state index contributed by atoms with van der Waals surface area (Å²) >= 11 is 0. The first-order valence-corrected chi connectivity index (χ1v) is 43.2. The molecule has 49 heteroatoms. The number of unbranched alkanes of at least 4 members (excludes halogenated alkanes) is 2. The van der Waals surface area contributed by atoms with E-state index >= 15 is 0 Å². The van der Waals surface area contributed by atoms with Crippen LogP contribution in [-0.2, 0) is 104 Å². The molecule has 0 aliphatic heterocycles. The number of guanidine groups is 2. The fraction of sp³-hybridized carbons (Fsp3) is 0.598. The third-order valence-corrected chi connectivity index (χ3v) is 20.4. The Morgan fingerprint density at radius 3 is 1.23 bits per heavy atom. The van der Waals surface area contributed by atoms with Gasteiger partial charge in [-0.15, -0.1) is 0 Å². The normalized spacial score (nSPS) is 14.3. The summed E-state index contributed by atoms with van der Waals surface area (Å²) in [5, 5.41) is 81.2. The van der Waals surface area contributed by atoms with Gasteiger partial charge < -0.3 is 152 Å². The molecule has 38 N–H and O–H groups in total. The number of benzene rings is 2. The third kappa shape index (κ3) is 44.5. The molecule has 0 unspecified atom stereocenters. The largest absolute Gasteiger partial charge is 0.394 e. The summed E-state index contributed by atoms with van der Waals surface area (Å²) in [4.78, 5) is 257. The van der Waals surface area contributed by atoms with Crippen LogP contribution in [0.1, 0.15) is 162 Å². The van der Waals surface area contributed by atoms with Gasteiger partial charge in [0.2, 0.25) is 112 Å². The van der Waals surface area contributed by atoms with Crippen LogP contribution in [0.25, 0.3) is 0 Å².